The van der Waals surface area contributed by atoms with Crippen LogP contribution in [-0.2, 0) is 0 Å². The molecule has 20 heavy (non-hydrogen) atoms. The van der Waals surface area contributed by atoms with Crippen LogP contribution in [0.4, 0.5) is 0 Å². The molecule has 1 heterocycles. The summed E-state index contributed by atoms with van der Waals surface area (Å²) in [6.45, 7) is 3.72. The van der Waals surface area contributed by atoms with Crippen molar-refractivity contribution >= 4 is 5.97 Å². The van der Waals surface area contributed by atoms with Crippen LogP contribution in [0.1, 0.15) is 30.2 Å². The number of carboxylic acids is 1. The van der Waals surface area contributed by atoms with E-state index in [0.29, 0.717) is 0 Å². The van der Waals surface area contributed by atoms with Gasteiger partial charge in [-0.15, -0.1) is 0 Å². The lowest BCUT2D eigenvalue weighted by molar-refractivity contribution is 0.0694. The summed E-state index contributed by atoms with van der Waals surface area (Å²) in [6.07, 6.45) is 3.00. The Labute approximate surface area is 115 Å². The Morgan fingerprint density at radius 3 is 2.70 bits per heavy atom. The first-order chi connectivity index (χ1) is 9.50. The summed E-state index contributed by atoms with van der Waals surface area (Å²) in [6, 6.07) is 6.06. The number of hydrogen-bond acceptors (Lipinski definition) is 4. The third-order valence-electron chi connectivity index (χ3n) is 2.72. The van der Waals surface area contributed by atoms with Crippen molar-refractivity contribution in [3.63, 3.8) is 0 Å². The van der Waals surface area contributed by atoms with Crippen LogP contribution in [-0.4, -0.2) is 20.6 Å². The summed E-state index contributed by atoms with van der Waals surface area (Å²) < 4.78 is 6.83. The SMILES string of the molecule is CC(C)n1ccnc(Oc2ccccc2C(=O)O)c1=O. The number of para-hydroxylation sites is 1. The van der Waals surface area contributed by atoms with Crippen molar-refractivity contribution in [2.75, 3.05) is 0 Å². The van der Waals surface area contributed by atoms with Crippen LogP contribution < -0.4 is 10.3 Å². The molecule has 6 heteroatoms. The van der Waals surface area contributed by atoms with Crippen LogP contribution in [0.25, 0.3) is 0 Å². The van der Waals surface area contributed by atoms with Gasteiger partial charge in [0.15, 0.2) is 0 Å². The van der Waals surface area contributed by atoms with E-state index in [-0.39, 0.29) is 23.2 Å². The lowest BCUT2D eigenvalue weighted by Gasteiger charge is -2.11. The predicted molar refractivity (Wildman–Crippen MR) is 72.4 cm³/mol. The highest BCUT2D eigenvalue weighted by Gasteiger charge is 2.14. The molecule has 1 aromatic heterocycles. The molecule has 0 fully saturated rings. The second kappa shape index (κ2) is 5.56. The van der Waals surface area contributed by atoms with Gasteiger partial charge in [-0.1, -0.05) is 12.1 Å². The minimum absolute atomic E-state index is 0.0198. The maximum Gasteiger partial charge on any atom is 0.339 e. The van der Waals surface area contributed by atoms with Crippen molar-refractivity contribution in [2.45, 2.75) is 19.9 Å². The Kier molecular flexibility index (Phi) is 3.84. The molecule has 0 atom stereocenters. The number of hydrogen-bond donors (Lipinski definition) is 1. The van der Waals surface area contributed by atoms with E-state index in [2.05, 4.69) is 4.98 Å². The van der Waals surface area contributed by atoms with E-state index in [4.69, 9.17) is 9.84 Å². The maximum atomic E-state index is 12.1. The van der Waals surface area contributed by atoms with Gasteiger partial charge in [0.05, 0.1) is 0 Å². The highest BCUT2D eigenvalue weighted by molar-refractivity contribution is 5.90. The largest absolute Gasteiger partial charge is 0.478 e. The van der Waals surface area contributed by atoms with Gasteiger partial charge in [-0.05, 0) is 26.0 Å². The predicted octanol–water partition coefficient (Wildman–Crippen LogP) is 2.31. The van der Waals surface area contributed by atoms with E-state index in [9.17, 15) is 9.59 Å². The molecule has 104 valence electrons. The molecule has 0 amide bonds. The van der Waals surface area contributed by atoms with Crippen molar-refractivity contribution < 1.29 is 14.6 Å². The van der Waals surface area contributed by atoms with E-state index >= 15 is 0 Å². The summed E-state index contributed by atoms with van der Waals surface area (Å²) in [5, 5.41) is 9.07. The standard InChI is InChI=1S/C14H14N2O4/c1-9(2)16-8-7-15-12(13(16)17)20-11-6-4-3-5-10(11)14(18)19/h3-9H,1-2H3,(H,18,19). The van der Waals surface area contributed by atoms with Gasteiger partial charge in [0, 0.05) is 18.4 Å². The lowest BCUT2D eigenvalue weighted by Crippen LogP contribution is -2.23. The molecular weight excluding hydrogens is 260 g/mol. The zero-order valence-corrected chi connectivity index (χ0v) is 11.1. The molecule has 2 aromatic rings. The zero-order valence-electron chi connectivity index (χ0n) is 11.1. The van der Waals surface area contributed by atoms with Crippen LogP contribution in [0.15, 0.2) is 41.5 Å². The minimum atomic E-state index is -1.12. The first-order valence-corrected chi connectivity index (χ1v) is 6.08. The van der Waals surface area contributed by atoms with Crippen LogP contribution in [0.5, 0.6) is 11.6 Å². The van der Waals surface area contributed by atoms with Gasteiger partial charge in [-0.3, -0.25) is 4.79 Å². The van der Waals surface area contributed by atoms with E-state index < -0.39 is 11.5 Å². The van der Waals surface area contributed by atoms with E-state index in [1.165, 1.54) is 22.9 Å². The smallest absolute Gasteiger partial charge is 0.339 e. The normalized spacial score (nSPS) is 10.6. The van der Waals surface area contributed by atoms with E-state index in [0.717, 1.165) is 0 Å². The molecule has 6 nitrogen and oxygen atoms in total. The first kappa shape index (κ1) is 13.8. The fraction of sp³-hybridized carbons (Fsp3) is 0.214. The van der Waals surface area contributed by atoms with E-state index in [1.807, 2.05) is 13.8 Å². The quantitative estimate of drug-likeness (QED) is 0.925. The molecule has 0 aliphatic rings. The summed E-state index contributed by atoms with van der Waals surface area (Å²) in [4.78, 5) is 27.1. The number of rotatable bonds is 4. The Balaban J connectivity index is 2.44. The molecule has 0 bridgehead atoms. The third-order valence-corrected chi connectivity index (χ3v) is 2.72. The van der Waals surface area contributed by atoms with Crippen LogP contribution in [0.2, 0.25) is 0 Å². The molecular formula is C14H14N2O4. The highest BCUT2D eigenvalue weighted by Crippen LogP contribution is 2.22. The van der Waals surface area contributed by atoms with Gasteiger partial charge in [0.2, 0.25) is 0 Å². The van der Waals surface area contributed by atoms with Crippen molar-refractivity contribution in [3.05, 3.63) is 52.6 Å². The molecule has 1 N–H and O–H groups in total. The number of ether oxygens (including phenoxy) is 1. The van der Waals surface area contributed by atoms with Gasteiger partial charge < -0.3 is 14.4 Å². The summed E-state index contributed by atoms with van der Waals surface area (Å²) in [5.41, 5.74) is -0.420. The maximum absolute atomic E-state index is 12.1. The summed E-state index contributed by atoms with van der Waals surface area (Å²) in [5.74, 6) is -1.18. The van der Waals surface area contributed by atoms with Crippen molar-refractivity contribution in [3.8, 4) is 11.6 Å². The Morgan fingerprint density at radius 1 is 1.35 bits per heavy atom. The molecule has 0 spiro atoms. The van der Waals surface area contributed by atoms with Gasteiger partial charge in [-0.25, -0.2) is 9.78 Å². The molecule has 0 aliphatic carbocycles. The molecule has 2 rings (SSSR count). The Bertz CT molecular complexity index is 692. The summed E-state index contributed by atoms with van der Waals surface area (Å²) in [7, 11) is 0. The number of aromatic nitrogens is 2. The highest BCUT2D eigenvalue weighted by atomic mass is 16.5. The molecule has 0 radical (unpaired) electrons. The third kappa shape index (κ3) is 2.69. The number of nitrogens with zero attached hydrogens (tertiary/aromatic N) is 2. The van der Waals surface area contributed by atoms with Crippen molar-refractivity contribution in [2.24, 2.45) is 0 Å². The van der Waals surface area contributed by atoms with Crippen LogP contribution in [0.3, 0.4) is 0 Å². The topological polar surface area (TPSA) is 81.4 Å². The van der Waals surface area contributed by atoms with Crippen molar-refractivity contribution in [1.29, 1.82) is 0 Å². The Hall–Kier alpha value is -2.63. The molecule has 0 unspecified atom stereocenters. The molecule has 0 saturated carbocycles. The fourth-order valence-corrected chi connectivity index (χ4v) is 1.72. The number of aromatic carboxylic acids is 1. The van der Waals surface area contributed by atoms with Crippen LogP contribution in [0, 0.1) is 0 Å². The average molecular weight is 274 g/mol. The van der Waals surface area contributed by atoms with Gasteiger partial charge in [0.1, 0.15) is 11.3 Å². The van der Waals surface area contributed by atoms with Crippen molar-refractivity contribution in [1.82, 2.24) is 9.55 Å². The summed E-state index contributed by atoms with van der Waals surface area (Å²) >= 11 is 0. The molecule has 0 aliphatic heterocycles. The van der Waals surface area contributed by atoms with E-state index in [1.54, 1.807) is 18.3 Å². The number of carbonyl (C=O) groups is 1. The monoisotopic (exact) mass is 274 g/mol. The zero-order chi connectivity index (χ0) is 14.7. The minimum Gasteiger partial charge on any atom is -0.478 e. The van der Waals surface area contributed by atoms with Gasteiger partial charge >= 0.3 is 11.5 Å². The second-order valence-electron chi connectivity index (χ2n) is 4.44. The molecule has 1 aromatic carbocycles. The molecule has 0 saturated heterocycles. The lowest BCUT2D eigenvalue weighted by atomic mass is 10.2. The first-order valence-electron chi connectivity index (χ1n) is 6.08. The number of carboxylic acid groups (broad SMARTS) is 1. The van der Waals surface area contributed by atoms with Crippen LogP contribution >= 0.6 is 0 Å². The number of benzene rings is 1. The second-order valence-corrected chi connectivity index (χ2v) is 4.44. The van der Waals surface area contributed by atoms with Gasteiger partial charge in [0.25, 0.3) is 5.88 Å². The fourth-order valence-electron chi connectivity index (χ4n) is 1.72. The average Bonchev–Trinajstić information content (AvgIpc) is 2.41. The van der Waals surface area contributed by atoms with Gasteiger partial charge in [-0.2, -0.15) is 0 Å². The Morgan fingerprint density at radius 2 is 2.05 bits per heavy atom.